The summed E-state index contributed by atoms with van der Waals surface area (Å²) in [6, 6.07) is 8.85. The Bertz CT molecular complexity index is 729. The molecule has 0 aromatic heterocycles. The highest BCUT2D eigenvalue weighted by Crippen LogP contribution is 2.24. The second-order valence-corrected chi connectivity index (χ2v) is 5.86. The molecular formula is C17H21NO6. The fourth-order valence-electron chi connectivity index (χ4n) is 2.87. The van der Waals surface area contributed by atoms with Gasteiger partial charge in [-0.2, -0.15) is 0 Å². The summed E-state index contributed by atoms with van der Waals surface area (Å²) in [5, 5.41) is 39.9. The molecule has 3 atom stereocenters. The van der Waals surface area contributed by atoms with Crippen molar-refractivity contribution < 1.29 is 30.0 Å². The summed E-state index contributed by atoms with van der Waals surface area (Å²) in [6.07, 6.45) is 2.18. The highest BCUT2D eigenvalue weighted by molar-refractivity contribution is 5.79. The van der Waals surface area contributed by atoms with Crippen molar-refractivity contribution in [1.82, 2.24) is 5.32 Å². The zero-order valence-electron chi connectivity index (χ0n) is 13.1. The van der Waals surface area contributed by atoms with E-state index in [9.17, 15) is 14.7 Å². The molecule has 7 nitrogen and oxygen atoms in total. The molecule has 2 unspecified atom stereocenters. The fraction of sp³-hybridized carbons (Fsp3) is 0.412. The minimum Gasteiger partial charge on any atom is -0.481 e. The molecule has 130 valence electrons. The van der Waals surface area contributed by atoms with Gasteiger partial charge in [-0.15, -0.1) is 0 Å². The Morgan fingerprint density at radius 2 is 1.92 bits per heavy atom. The van der Waals surface area contributed by atoms with E-state index in [1.807, 2.05) is 0 Å². The molecule has 0 bridgehead atoms. The van der Waals surface area contributed by atoms with Crippen LogP contribution < -0.4 is 15.8 Å². The summed E-state index contributed by atoms with van der Waals surface area (Å²) < 4.78 is 0. The minimum atomic E-state index is -1.79. The van der Waals surface area contributed by atoms with Gasteiger partial charge in [-0.25, -0.2) is 4.79 Å². The molecule has 1 aromatic carbocycles. The SMILES string of the molecule is O=C(O)C[C@H](O)C(=O)O.OC1CCC2NC=c3ccccc3=C2C1. The Kier molecular flexibility index (Phi) is 5.94. The van der Waals surface area contributed by atoms with Crippen LogP contribution in [0.1, 0.15) is 25.7 Å². The number of benzene rings is 1. The summed E-state index contributed by atoms with van der Waals surface area (Å²) in [5.41, 5.74) is 1.38. The molecule has 5 N–H and O–H groups in total. The number of aliphatic hydroxyl groups excluding tert-OH is 2. The van der Waals surface area contributed by atoms with Crippen molar-refractivity contribution in [3.63, 3.8) is 0 Å². The van der Waals surface area contributed by atoms with E-state index in [1.165, 1.54) is 16.0 Å². The molecule has 2 aliphatic rings. The Labute approximate surface area is 138 Å². The van der Waals surface area contributed by atoms with Crippen molar-refractivity contribution in [3.8, 4) is 0 Å². The largest absolute Gasteiger partial charge is 0.481 e. The number of hydrogen-bond donors (Lipinski definition) is 5. The van der Waals surface area contributed by atoms with Crippen LogP contribution in [-0.4, -0.2) is 50.6 Å². The Hall–Kier alpha value is -2.38. The number of carboxylic acid groups (broad SMARTS) is 2. The maximum absolute atomic E-state index is 9.72. The molecule has 0 saturated heterocycles. The number of carboxylic acids is 2. The summed E-state index contributed by atoms with van der Waals surface area (Å²) in [6.45, 7) is 0. The first-order valence-electron chi connectivity index (χ1n) is 7.73. The number of aliphatic hydroxyl groups is 2. The van der Waals surface area contributed by atoms with Crippen LogP contribution in [-0.2, 0) is 9.59 Å². The molecule has 1 heterocycles. The topological polar surface area (TPSA) is 127 Å². The third kappa shape index (κ3) is 4.56. The maximum Gasteiger partial charge on any atom is 0.333 e. The molecule has 1 fully saturated rings. The average molecular weight is 335 g/mol. The van der Waals surface area contributed by atoms with E-state index < -0.39 is 24.5 Å². The van der Waals surface area contributed by atoms with E-state index >= 15 is 0 Å². The highest BCUT2D eigenvalue weighted by Gasteiger charge is 2.25. The van der Waals surface area contributed by atoms with Gasteiger partial charge in [-0.1, -0.05) is 24.3 Å². The van der Waals surface area contributed by atoms with Crippen LogP contribution in [0.3, 0.4) is 0 Å². The van der Waals surface area contributed by atoms with Crippen LogP contribution in [0.15, 0.2) is 24.3 Å². The molecule has 1 aromatic rings. The lowest BCUT2D eigenvalue weighted by atomic mass is 9.85. The molecule has 1 aliphatic carbocycles. The summed E-state index contributed by atoms with van der Waals surface area (Å²) in [7, 11) is 0. The molecule has 1 aliphatic heterocycles. The lowest BCUT2D eigenvalue weighted by Crippen LogP contribution is -2.45. The number of aliphatic carboxylic acids is 2. The van der Waals surface area contributed by atoms with Gasteiger partial charge < -0.3 is 25.7 Å². The van der Waals surface area contributed by atoms with E-state index in [2.05, 4.69) is 35.8 Å². The van der Waals surface area contributed by atoms with Crippen LogP contribution in [0.5, 0.6) is 0 Å². The van der Waals surface area contributed by atoms with Crippen molar-refractivity contribution in [2.24, 2.45) is 0 Å². The van der Waals surface area contributed by atoms with Gasteiger partial charge in [0.25, 0.3) is 0 Å². The Balaban J connectivity index is 0.000000202. The van der Waals surface area contributed by atoms with Gasteiger partial charge in [0.1, 0.15) is 0 Å². The van der Waals surface area contributed by atoms with Crippen LogP contribution >= 0.6 is 0 Å². The molecule has 7 heteroatoms. The number of fused-ring (bicyclic) bond motifs is 2. The van der Waals surface area contributed by atoms with Gasteiger partial charge >= 0.3 is 11.9 Å². The lowest BCUT2D eigenvalue weighted by molar-refractivity contribution is -0.152. The number of carbonyl (C=O) groups is 2. The predicted molar refractivity (Wildman–Crippen MR) is 86.2 cm³/mol. The van der Waals surface area contributed by atoms with Gasteiger partial charge in [0, 0.05) is 12.2 Å². The second kappa shape index (κ2) is 7.94. The van der Waals surface area contributed by atoms with Crippen LogP contribution in [0, 0.1) is 0 Å². The third-order valence-corrected chi connectivity index (χ3v) is 4.06. The van der Waals surface area contributed by atoms with Gasteiger partial charge in [-0.05, 0) is 35.3 Å². The fourth-order valence-corrected chi connectivity index (χ4v) is 2.87. The first-order chi connectivity index (χ1) is 11.4. The molecule has 24 heavy (non-hydrogen) atoms. The summed E-state index contributed by atoms with van der Waals surface area (Å²) in [5.74, 6) is -2.85. The van der Waals surface area contributed by atoms with Crippen LogP contribution in [0.25, 0.3) is 11.8 Å². The van der Waals surface area contributed by atoms with Crippen molar-refractivity contribution in [2.75, 3.05) is 0 Å². The van der Waals surface area contributed by atoms with Gasteiger partial charge in [-0.3, -0.25) is 4.79 Å². The normalized spacial score (nSPS) is 22.5. The quantitative estimate of drug-likeness (QED) is 0.479. The van der Waals surface area contributed by atoms with E-state index in [0.29, 0.717) is 6.04 Å². The third-order valence-electron chi connectivity index (χ3n) is 4.06. The molecular weight excluding hydrogens is 314 g/mol. The zero-order valence-corrected chi connectivity index (χ0v) is 13.1. The monoisotopic (exact) mass is 335 g/mol. The number of nitrogens with one attached hydrogen (secondary N) is 1. The molecule has 0 spiro atoms. The first kappa shape index (κ1) is 18.0. The smallest absolute Gasteiger partial charge is 0.333 e. The van der Waals surface area contributed by atoms with E-state index in [1.54, 1.807) is 0 Å². The average Bonchev–Trinajstić information content (AvgIpc) is 2.54. The zero-order chi connectivity index (χ0) is 17.7. The molecule has 0 amide bonds. The Morgan fingerprint density at radius 1 is 1.21 bits per heavy atom. The molecule has 1 saturated carbocycles. The van der Waals surface area contributed by atoms with Gasteiger partial charge in [0.2, 0.25) is 0 Å². The number of rotatable bonds is 3. The van der Waals surface area contributed by atoms with Crippen LogP contribution in [0.4, 0.5) is 0 Å². The van der Waals surface area contributed by atoms with Crippen molar-refractivity contribution in [2.45, 2.75) is 43.9 Å². The highest BCUT2D eigenvalue weighted by atomic mass is 16.4. The lowest BCUT2D eigenvalue weighted by Gasteiger charge is -2.31. The second-order valence-electron chi connectivity index (χ2n) is 5.86. The predicted octanol–water partition coefficient (Wildman–Crippen LogP) is -1.00. The van der Waals surface area contributed by atoms with Crippen molar-refractivity contribution in [3.05, 3.63) is 34.7 Å². The first-order valence-corrected chi connectivity index (χ1v) is 7.73. The minimum absolute atomic E-state index is 0.149. The van der Waals surface area contributed by atoms with E-state index in [0.717, 1.165) is 19.3 Å². The van der Waals surface area contributed by atoms with E-state index in [4.69, 9.17) is 15.3 Å². The van der Waals surface area contributed by atoms with Gasteiger partial charge in [0.15, 0.2) is 6.10 Å². The van der Waals surface area contributed by atoms with E-state index in [-0.39, 0.29) is 6.10 Å². The van der Waals surface area contributed by atoms with Crippen molar-refractivity contribution >= 4 is 23.7 Å². The van der Waals surface area contributed by atoms with Crippen LogP contribution in [0.2, 0.25) is 0 Å². The van der Waals surface area contributed by atoms with Crippen molar-refractivity contribution in [1.29, 1.82) is 0 Å². The Morgan fingerprint density at radius 3 is 2.54 bits per heavy atom. The molecule has 0 radical (unpaired) electrons. The molecule has 3 rings (SSSR count). The maximum atomic E-state index is 9.72. The summed E-state index contributed by atoms with van der Waals surface area (Å²) >= 11 is 0. The number of hydrogen-bond acceptors (Lipinski definition) is 5. The van der Waals surface area contributed by atoms with Gasteiger partial charge in [0.05, 0.1) is 12.5 Å². The standard InChI is InChI=1S/C13H15NO.C4H6O5/c15-10-5-6-13-12(7-10)11-4-2-1-3-9(11)8-14-13;5-2(4(8)9)1-3(6)7/h1-4,8,10,13-15H,5-7H2;2,5H,1H2,(H,6,7)(H,8,9)/t;2-/m.0/s1. The summed E-state index contributed by atoms with van der Waals surface area (Å²) in [4.78, 5) is 19.4.